The lowest BCUT2D eigenvalue weighted by Gasteiger charge is -2.11. The number of nitrogens with one attached hydrogen (secondary N) is 1. The third kappa shape index (κ3) is 3.90. The number of nitro benzene ring substituents is 1. The van der Waals surface area contributed by atoms with Gasteiger partial charge in [0, 0.05) is 29.7 Å². The summed E-state index contributed by atoms with van der Waals surface area (Å²) in [6.07, 6.45) is 0.265. The van der Waals surface area contributed by atoms with Crippen molar-refractivity contribution >= 4 is 11.7 Å². The van der Waals surface area contributed by atoms with Crippen molar-refractivity contribution in [2.75, 3.05) is 7.11 Å². The van der Waals surface area contributed by atoms with Crippen LogP contribution in [-0.4, -0.2) is 28.1 Å². The first kappa shape index (κ1) is 18.8. The second kappa shape index (κ2) is 7.75. The monoisotopic (exact) mass is 380 g/mol. The molecular weight excluding hydrogens is 364 g/mol. The molecule has 28 heavy (non-hydrogen) atoms. The van der Waals surface area contributed by atoms with E-state index >= 15 is 0 Å². The molecule has 0 spiro atoms. The van der Waals surface area contributed by atoms with Gasteiger partial charge in [0.25, 0.3) is 11.2 Å². The molecule has 1 aromatic heterocycles. The highest BCUT2D eigenvalue weighted by Gasteiger charge is 2.13. The van der Waals surface area contributed by atoms with Crippen molar-refractivity contribution in [1.29, 1.82) is 0 Å². The second-order valence-electron chi connectivity index (χ2n) is 6.05. The van der Waals surface area contributed by atoms with E-state index in [1.807, 2.05) is 0 Å². The molecule has 0 aliphatic heterocycles. The van der Waals surface area contributed by atoms with Gasteiger partial charge in [-0.25, -0.2) is 4.79 Å². The number of benzene rings is 2. The van der Waals surface area contributed by atoms with Gasteiger partial charge in [-0.15, -0.1) is 0 Å². The molecule has 8 nitrogen and oxygen atoms in total. The summed E-state index contributed by atoms with van der Waals surface area (Å²) in [6.45, 7) is 0. The number of H-pyrrole nitrogens is 1. The summed E-state index contributed by atoms with van der Waals surface area (Å²) in [7, 11) is 1.51. The summed E-state index contributed by atoms with van der Waals surface area (Å²) in [6, 6.07) is 14.3. The minimum Gasteiger partial charge on any atom is -0.496 e. The highest BCUT2D eigenvalue weighted by atomic mass is 16.6. The zero-order valence-electron chi connectivity index (χ0n) is 14.8. The van der Waals surface area contributed by atoms with Gasteiger partial charge in [-0.3, -0.25) is 14.9 Å². The highest BCUT2D eigenvalue weighted by Crippen LogP contribution is 2.33. The zero-order valence-corrected chi connectivity index (χ0v) is 14.8. The van der Waals surface area contributed by atoms with E-state index < -0.39 is 16.5 Å². The largest absolute Gasteiger partial charge is 0.496 e. The molecule has 0 amide bonds. The van der Waals surface area contributed by atoms with Gasteiger partial charge in [0.2, 0.25) is 0 Å². The Balaban J connectivity index is 2.00. The molecule has 1 heterocycles. The topological polar surface area (TPSA) is 123 Å². The number of hydrogen-bond acceptors (Lipinski definition) is 5. The maximum absolute atomic E-state index is 12.1. The first-order valence-corrected chi connectivity index (χ1v) is 8.26. The molecule has 2 aromatic carbocycles. The van der Waals surface area contributed by atoms with Crippen LogP contribution in [0.25, 0.3) is 11.1 Å². The van der Waals surface area contributed by atoms with Gasteiger partial charge in [-0.05, 0) is 29.3 Å². The Bertz CT molecular complexity index is 1120. The third-order valence-corrected chi connectivity index (χ3v) is 4.25. The molecule has 0 bridgehead atoms. The van der Waals surface area contributed by atoms with E-state index in [0.717, 1.165) is 5.56 Å². The minimum atomic E-state index is -1.21. The van der Waals surface area contributed by atoms with Crippen LogP contribution in [0.4, 0.5) is 5.69 Å². The number of carboxylic acids is 1. The number of aromatic carboxylic acids is 1. The number of pyridine rings is 1. The molecule has 0 fully saturated rings. The van der Waals surface area contributed by atoms with Crippen molar-refractivity contribution < 1.29 is 19.6 Å². The Morgan fingerprint density at radius 3 is 2.61 bits per heavy atom. The molecule has 0 aliphatic carbocycles. The number of aromatic nitrogens is 1. The molecule has 0 atom stereocenters. The predicted octanol–water partition coefficient (Wildman–Crippen LogP) is 3.25. The highest BCUT2D eigenvalue weighted by molar-refractivity contribution is 5.85. The lowest BCUT2D eigenvalue weighted by molar-refractivity contribution is -0.384. The fraction of sp³-hybridized carbons (Fsp3) is 0.100. The Kier molecular flexibility index (Phi) is 5.21. The molecule has 0 radical (unpaired) electrons. The van der Waals surface area contributed by atoms with Crippen molar-refractivity contribution in [3.05, 3.63) is 91.9 Å². The second-order valence-corrected chi connectivity index (χ2v) is 6.05. The van der Waals surface area contributed by atoms with Gasteiger partial charge in [-0.2, -0.15) is 0 Å². The number of hydrogen-bond donors (Lipinski definition) is 2. The number of methoxy groups -OCH3 is 1. The number of non-ortho nitro benzene ring substituents is 1. The normalized spacial score (nSPS) is 10.5. The van der Waals surface area contributed by atoms with E-state index in [2.05, 4.69) is 4.98 Å². The molecule has 142 valence electrons. The third-order valence-electron chi connectivity index (χ3n) is 4.25. The van der Waals surface area contributed by atoms with Crippen LogP contribution in [0.1, 0.15) is 21.6 Å². The fourth-order valence-electron chi connectivity index (χ4n) is 2.87. The first-order chi connectivity index (χ1) is 13.4. The number of carbonyl (C=O) groups is 1. The van der Waals surface area contributed by atoms with Crippen molar-refractivity contribution in [1.82, 2.24) is 4.98 Å². The zero-order chi connectivity index (χ0) is 20.3. The van der Waals surface area contributed by atoms with E-state index in [9.17, 15) is 19.7 Å². The van der Waals surface area contributed by atoms with Crippen molar-refractivity contribution in [2.24, 2.45) is 0 Å². The van der Waals surface area contributed by atoms with E-state index in [1.54, 1.807) is 30.3 Å². The molecule has 3 aromatic rings. The molecule has 2 N–H and O–H groups in total. The van der Waals surface area contributed by atoms with Crippen LogP contribution in [0.15, 0.2) is 59.4 Å². The lowest BCUT2D eigenvalue weighted by Crippen LogP contribution is -2.17. The van der Waals surface area contributed by atoms with Crippen molar-refractivity contribution in [3.63, 3.8) is 0 Å². The molecule has 0 unspecified atom stereocenters. The molecular formula is C20H16N2O6. The summed E-state index contributed by atoms with van der Waals surface area (Å²) in [5.74, 6) is -0.666. The maximum atomic E-state index is 12.1. The Morgan fingerprint density at radius 2 is 1.96 bits per heavy atom. The van der Waals surface area contributed by atoms with Crippen molar-refractivity contribution in [2.45, 2.75) is 6.42 Å². The van der Waals surface area contributed by atoms with Crippen LogP contribution in [0.5, 0.6) is 5.75 Å². The van der Waals surface area contributed by atoms with E-state index in [0.29, 0.717) is 22.4 Å². The van der Waals surface area contributed by atoms with E-state index in [-0.39, 0.29) is 17.8 Å². The summed E-state index contributed by atoms with van der Waals surface area (Å²) >= 11 is 0. The van der Waals surface area contributed by atoms with Crippen LogP contribution >= 0.6 is 0 Å². The fourth-order valence-corrected chi connectivity index (χ4v) is 2.87. The molecule has 0 aliphatic rings. The number of aromatic amines is 1. The van der Waals surface area contributed by atoms with Crippen LogP contribution in [-0.2, 0) is 6.42 Å². The average Bonchev–Trinajstić information content (AvgIpc) is 2.69. The van der Waals surface area contributed by atoms with Gasteiger partial charge in [0.15, 0.2) is 0 Å². The smallest absolute Gasteiger partial charge is 0.352 e. The summed E-state index contributed by atoms with van der Waals surface area (Å²) in [5.41, 5.74) is 1.75. The Morgan fingerprint density at radius 1 is 1.18 bits per heavy atom. The van der Waals surface area contributed by atoms with Gasteiger partial charge >= 0.3 is 5.97 Å². The van der Waals surface area contributed by atoms with Crippen LogP contribution in [0.3, 0.4) is 0 Å². The van der Waals surface area contributed by atoms with Gasteiger partial charge in [-0.1, -0.05) is 24.3 Å². The molecule has 3 rings (SSSR count). The average molecular weight is 380 g/mol. The van der Waals surface area contributed by atoms with Gasteiger partial charge < -0.3 is 14.8 Å². The van der Waals surface area contributed by atoms with Gasteiger partial charge in [0.05, 0.1) is 12.0 Å². The predicted molar refractivity (Wildman–Crippen MR) is 102 cm³/mol. The Hall–Kier alpha value is -3.94. The summed E-state index contributed by atoms with van der Waals surface area (Å²) in [5, 5.41) is 20.0. The Labute approximate surface area is 159 Å². The van der Waals surface area contributed by atoms with E-state index in [1.165, 1.54) is 31.4 Å². The molecule has 0 saturated heterocycles. The molecule has 8 heteroatoms. The number of nitro groups is 1. The quantitative estimate of drug-likeness (QED) is 0.500. The number of carboxylic acid groups (broad SMARTS) is 1. The van der Waals surface area contributed by atoms with Crippen LogP contribution in [0, 0.1) is 10.1 Å². The minimum absolute atomic E-state index is 0.0364. The van der Waals surface area contributed by atoms with Gasteiger partial charge in [0.1, 0.15) is 11.4 Å². The number of nitrogens with zero attached hydrogens (tertiary/aromatic N) is 1. The summed E-state index contributed by atoms with van der Waals surface area (Å²) in [4.78, 5) is 36.0. The number of rotatable bonds is 6. The van der Waals surface area contributed by atoms with E-state index in [4.69, 9.17) is 9.84 Å². The van der Waals surface area contributed by atoms with Crippen LogP contribution in [0.2, 0.25) is 0 Å². The molecule has 0 saturated carbocycles. The summed E-state index contributed by atoms with van der Waals surface area (Å²) < 4.78 is 5.37. The maximum Gasteiger partial charge on any atom is 0.352 e. The first-order valence-electron chi connectivity index (χ1n) is 8.26. The standard InChI is InChI=1S/C20H16N2O6/c1-28-18-8-5-12(9-14-6-7-17(20(24)25)21-19(14)23)10-16(18)13-3-2-4-15(11-13)22(26)27/h2-8,10-11H,9H2,1H3,(H,21,23)(H,24,25). The lowest BCUT2D eigenvalue weighted by atomic mass is 9.98. The van der Waals surface area contributed by atoms with Crippen molar-refractivity contribution in [3.8, 4) is 16.9 Å². The van der Waals surface area contributed by atoms with Crippen LogP contribution < -0.4 is 10.3 Å². The number of ether oxygens (including phenoxy) is 1. The SMILES string of the molecule is COc1ccc(Cc2ccc(C(=O)O)[nH]c2=O)cc1-c1cccc([N+](=O)[O-])c1.